The lowest BCUT2D eigenvalue weighted by Crippen LogP contribution is -2.32. The maximum absolute atomic E-state index is 3.64. The van der Waals surface area contributed by atoms with E-state index in [1.165, 1.54) is 22.5 Å². The van der Waals surface area contributed by atoms with Gasteiger partial charge in [-0.15, -0.1) is 0 Å². The summed E-state index contributed by atoms with van der Waals surface area (Å²) in [6.45, 7) is 1.91. The minimum absolute atomic E-state index is 0.383. The third kappa shape index (κ3) is 2.28. The number of hydrogen-bond donors (Lipinski definition) is 1. The molecule has 1 aliphatic heterocycles. The summed E-state index contributed by atoms with van der Waals surface area (Å²) >= 11 is 0. The van der Waals surface area contributed by atoms with Crippen molar-refractivity contribution >= 4 is 0 Å². The van der Waals surface area contributed by atoms with Crippen molar-refractivity contribution in [3.05, 3.63) is 84.1 Å². The normalized spacial score (nSPS) is 17.4. The van der Waals surface area contributed by atoms with Gasteiger partial charge in [-0.3, -0.25) is 0 Å². The van der Waals surface area contributed by atoms with Gasteiger partial charge in [0.05, 0.1) is 6.04 Å². The maximum Gasteiger partial charge on any atom is 0.0505 e. The van der Waals surface area contributed by atoms with Crippen molar-refractivity contribution in [1.82, 2.24) is 9.88 Å². The Balaban J connectivity index is 1.70. The molecule has 0 bridgehead atoms. The molecule has 104 valence electrons. The first-order chi connectivity index (χ1) is 10.4. The van der Waals surface area contributed by atoms with Crippen LogP contribution in [-0.4, -0.2) is 4.57 Å². The highest BCUT2D eigenvalue weighted by Crippen LogP contribution is 2.28. The van der Waals surface area contributed by atoms with Gasteiger partial charge in [0.25, 0.3) is 0 Å². The van der Waals surface area contributed by atoms with Crippen molar-refractivity contribution in [2.24, 2.45) is 0 Å². The van der Waals surface area contributed by atoms with Gasteiger partial charge in [-0.05, 0) is 23.3 Å². The third-order valence-electron chi connectivity index (χ3n) is 4.24. The third-order valence-corrected chi connectivity index (χ3v) is 4.24. The Morgan fingerprint density at radius 2 is 1.52 bits per heavy atom. The smallest absolute Gasteiger partial charge is 0.0505 e. The predicted molar refractivity (Wildman–Crippen MR) is 85.9 cm³/mol. The van der Waals surface area contributed by atoms with E-state index < -0.39 is 0 Å². The Labute approximate surface area is 125 Å². The van der Waals surface area contributed by atoms with Crippen LogP contribution in [0.1, 0.15) is 17.3 Å². The maximum atomic E-state index is 3.64. The van der Waals surface area contributed by atoms with Gasteiger partial charge in [-0.1, -0.05) is 60.7 Å². The lowest BCUT2D eigenvalue weighted by molar-refractivity contribution is 0.406. The molecule has 1 N–H and O–H groups in total. The SMILES string of the molecule is c1ccc(-c2ccc3n2C[C@@H](c2ccccc2)NC3)cc1. The van der Waals surface area contributed by atoms with Crippen LogP contribution in [0.4, 0.5) is 0 Å². The second-order valence-corrected chi connectivity index (χ2v) is 5.53. The largest absolute Gasteiger partial charge is 0.341 e. The highest BCUT2D eigenvalue weighted by molar-refractivity contribution is 5.61. The van der Waals surface area contributed by atoms with Gasteiger partial charge in [0.15, 0.2) is 0 Å². The molecule has 0 saturated carbocycles. The molecular formula is C19H18N2. The molecule has 2 nitrogen and oxygen atoms in total. The van der Waals surface area contributed by atoms with Crippen molar-refractivity contribution in [3.63, 3.8) is 0 Å². The Kier molecular flexibility index (Phi) is 3.09. The van der Waals surface area contributed by atoms with Crippen molar-refractivity contribution < 1.29 is 0 Å². The van der Waals surface area contributed by atoms with Crippen LogP contribution in [0.25, 0.3) is 11.3 Å². The molecule has 1 aromatic heterocycles. The number of rotatable bonds is 2. The van der Waals surface area contributed by atoms with Crippen LogP contribution < -0.4 is 5.32 Å². The zero-order valence-electron chi connectivity index (χ0n) is 11.9. The molecule has 2 heteroatoms. The highest BCUT2D eigenvalue weighted by atomic mass is 15.1. The van der Waals surface area contributed by atoms with Gasteiger partial charge >= 0.3 is 0 Å². The Morgan fingerprint density at radius 1 is 0.810 bits per heavy atom. The van der Waals surface area contributed by atoms with Crippen molar-refractivity contribution in [3.8, 4) is 11.3 Å². The molecule has 0 radical (unpaired) electrons. The Hall–Kier alpha value is -2.32. The van der Waals surface area contributed by atoms with Crippen LogP contribution in [-0.2, 0) is 13.1 Å². The van der Waals surface area contributed by atoms with Gasteiger partial charge in [0.1, 0.15) is 0 Å². The summed E-state index contributed by atoms with van der Waals surface area (Å²) < 4.78 is 2.45. The van der Waals surface area contributed by atoms with Crippen molar-refractivity contribution in [2.75, 3.05) is 0 Å². The summed E-state index contributed by atoms with van der Waals surface area (Å²) in [6, 6.07) is 26.2. The molecule has 0 spiro atoms. The molecule has 0 fully saturated rings. The second-order valence-electron chi connectivity index (χ2n) is 5.53. The first-order valence-corrected chi connectivity index (χ1v) is 7.44. The van der Waals surface area contributed by atoms with Gasteiger partial charge in [-0.2, -0.15) is 0 Å². The molecule has 2 heterocycles. The van der Waals surface area contributed by atoms with E-state index in [1.807, 2.05) is 0 Å². The first kappa shape index (κ1) is 12.4. The summed E-state index contributed by atoms with van der Waals surface area (Å²) in [5, 5.41) is 3.64. The van der Waals surface area contributed by atoms with Gasteiger partial charge in [-0.25, -0.2) is 0 Å². The Bertz CT molecular complexity index is 729. The fourth-order valence-corrected chi connectivity index (χ4v) is 3.12. The van der Waals surface area contributed by atoms with Crippen LogP contribution >= 0.6 is 0 Å². The standard InChI is InChI=1S/C19H18N2/c1-3-7-15(8-4-1)18-14-21-17(13-20-18)11-12-19(21)16-9-5-2-6-10-16/h1-12,18,20H,13-14H2/t18-/m0/s1. The van der Waals surface area contributed by atoms with Crippen molar-refractivity contribution in [2.45, 2.75) is 19.1 Å². The van der Waals surface area contributed by atoms with Crippen LogP contribution in [0.3, 0.4) is 0 Å². The quantitative estimate of drug-likeness (QED) is 0.747. The molecule has 1 aliphatic rings. The second kappa shape index (κ2) is 5.23. The summed E-state index contributed by atoms with van der Waals surface area (Å²) in [5.74, 6) is 0. The van der Waals surface area contributed by atoms with Crippen LogP contribution in [0.5, 0.6) is 0 Å². The molecule has 2 aromatic carbocycles. The minimum Gasteiger partial charge on any atom is -0.341 e. The van der Waals surface area contributed by atoms with Gasteiger partial charge < -0.3 is 9.88 Å². The average Bonchev–Trinajstić information content (AvgIpc) is 2.99. The molecule has 0 unspecified atom stereocenters. The van der Waals surface area contributed by atoms with E-state index >= 15 is 0 Å². The molecule has 0 saturated heterocycles. The van der Waals surface area contributed by atoms with Crippen molar-refractivity contribution in [1.29, 1.82) is 0 Å². The number of fused-ring (bicyclic) bond motifs is 1. The van der Waals surface area contributed by atoms with E-state index in [4.69, 9.17) is 0 Å². The first-order valence-electron chi connectivity index (χ1n) is 7.44. The summed E-state index contributed by atoms with van der Waals surface area (Å²) in [6.07, 6.45) is 0. The van der Waals surface area contributed by atoms with E-state index in [-0.39, 0.29) is 0 Å². The van der Waals surface area contributed by atoms with Gasteiger partial charge in [0, 0.05) is 24.5 Å². The monoisotopic (exact) mass is 274 g/mol. The number of nitrogens with zero attached hydrogens (tertiary/aromatic N) is 1. The van der Waals surface area contributed by atoms with Crippen LogP contribution in [0.15, 0.2) is 72.8 Å². The number of nitrogens with one attached hydrogen (secondary N) is 1. The Morgan fingerprint density at radius 3 is 2.29 bits per heavy atom. The average molecular weight is 274 g/mol. The van der Waals surface area contributed by atoms with E-state index in [2.05, 4.69) is 82.7 Å². The molecule has 21 heavy (non-hydrogen) atoms. The lowest BCUT2D eigenvalue weighted by atomic mass is 10.0. The lowest BCUT2D eigenvalue weighted by Gasteiger charge is -2.28. The summed E-state index contributed by atoms with van der Waals surface area (Å²) in [5.41, 5.74) is 5.32. The van der Waals surface area contributed by atoms with Gasteiger partial charge in [0.2, 0.25) is 0 Å². The topological polar surface area (TPSA) is 17.0 Å². The fraction of sp³-hybridized carbons (Fsp3) is 0.158. The predicted octanol–water partition coefficient (Wildman–Crippen LogP) is 4.00. The van der Waals surface area contributed by atoms with Crippen LogP contribution in [0.2, 0.25) is 0 Å². The van der Waals surface area contributed by atoms with E-state index in [0.29, 0.717) is 6.04 Å². The van der Waals surface area contributed by atoms with E-state index in [0.717, 1.165) is 13.1 Å². The van der Waals surface area contributed by atoms with Crippen LogP contribution in [0, 0.1) is 0 Å². The molecule has 3 aromatic rings. The zero-order chi connectivity index (χ0) is 14.1. The number of aromatic nitrogens is 1. The van der Waals surface area contributed by atoms with E-state index in [1.54, 1.807) is 0 Å². The molecule has 0 aliphatic carbocycles. The van der Waals surface area contributed by atoms with E-state index in [9.17, 15) is 0 Å². The molecule has 4 rings (SSSR count). The molecule has 1 atom stereocenters. The highest BCUT2D eigenvalue weighted by Gasteiger charge is 2.21. The molecule has 0 amide bonds. The summed E-state index contributed by atoms with van der Waals surface area (Å²) in [4.78, 5) is 0. The fourth-order valence-electron chi connectivity index (χ4n) is 3.12. The number of hydrogen-bond acceptors (Lipinski definition) is 1. The minimum atomic E-state index is 0.383. The molecular weight excluding hydrogens is 256 g/mol. The number of benzene rings is 2. The summed E-state index contributed by atoms with van der Waals surface area (Å²) in [7, 11) is 0. The zero-order valence-corrected chi connectivity index (χ0v) is 11.9.